The zero-order valence-electron chi connectivity index (χ0n) is 11.7. The summed E-state index contributed by atoms with van der Waals surface area (Å²) in [4.78, 5) is 21.8. The van der Waals surface area contributed by atoms with E-state index in [0.29, 0.717) is 34.3 Å². The molecule has 0 amide bonds. The van der Waals surface area contributed by atoms with Crippen molar-refractivity contribution in [3.05, 3.63) is 39.4 Å². The Bertz CT molecular complexity index is 688. The molecule has 21 heavy (non-hydrogen) atoms. The molecule has 5 nitrogen and oxygen atoms in total. The third-order valence-electron chi connectivity index (χ3n) is 3.71. The van der Waals surface area contributed by atoms with Gasteiger partial charge in [0.2, 0.25) is 0 Å². The molecule has 1 aromatic heterocycles. The van der Waals surface area contributed by atoms with Crippen molar-refractivity contribution in [2.45, 2.75) is 19.5 Å². The van der Waals surface area contributed by atoms with Crippen molar-refractivity contribution in [2.75, 3.05) is 19.6 Å². The quantitative estimate of drug-likeness (QED) is 0.882. The molecule has 2 N–H and O–H groups in total. The van der Waals surface area contributed by atoms with E-state index in [-0.39, 0.29) is 18.0 Å². The lowest BCUT2D eigenvalue weighted by Crippen LogP contribution is -2.49. The van der Waals surface area contributed by atoms with E-state index < -0.39 is 0 Å². The number of hydrogen-bond acceptors (Lipinski definition) is 4. The maximum Gasteiger partial charge on any atom is 0.258 e. The third-order valence-corrected chi connectivity index (χ3v) is 3.94. The third kappa shape index (κ3) is 3.55. The molecule has 0 bridgehead atoms. The van der Waals surface area contributed by atoms with Gasteiger partial charge in [0.15, 0.2) is 0 Å². The predicted molar refractivity (Wildman–Crippen MR) is 87.4 cm³/mol. The maximum atomic E-state index is 12.1. The molecule has 2 aromatic rings. The Morgan fingerprint density at radius 1 is 1.48 bits per heavy atom. The van der Waals surface area contributed by atoms with Crippen LogP contribution in [-0.2, 0) is 6.54 Å². The molecule has 1 atom stereocenters. The summed E-state index contributed by atoms with van der Waals surface area (Å²) >= 11 is 5.91. The molecule has 114 valence electrons. The summed E-state index contributed by atoms with van der Waals surface area (Å²) < 4.78 is 0. The zero-order chi connectivity index (χ0) is 14.1. The highest BCUT2D eigenvalue weighted by Crippen LogP contribution is 2.15. The summed E-state index contributed by atoms with van der Waals surface area (Å²) in [6, 6.07) is 5.64. The summed E-state index contributed by atoms with van der Waals surface area (Å²) in [7, 11) is 0. The number of piperazine rings is 1. The number of rotatable bonds is 2. The number of fused-ring (bicyclic) bond motifs is 1. The van der Waals surface area contributed by atoms with E-state index in [2.05, 4.69) is 27.1 Å². The molecular weight excluding hydrogens is 311 g/mol. The number of nitrogens with one attached hydrogen (secondary N) is 2. The average Bonchev–Trinajstić information content (AvgIpc) is 2.42. The summed E-state index contributed by atoms with van der Waals surface area (Å²) in [6.45, 7) is 5.73. The molecule has 0 unspecified atom stereocenters. The molecule has 1 aliphatic heterocycles. The molecule has 0 saturated carbocycles. The summed E-state index contributed by atoms with van der Waals surface area (Å²) in [6.07, 6.45) is 0. The Kier molecular flexibility index (Phi) is 5.22. The van der Waals surface area contributed by atoms with Gasteiger partial charge in [0, 0.05) is 30.7 Å². The first-order valence-corrected chi connectivity index (χ1v) is 7.14. The first-order valence-electron chi connectivity index (χ1n) is 6.77. The molecule has 0 aliphatic carbocycles. The number of nitrogens with zero attached hydrogens (tertiary/aromatic N) is 2. The van der Waals surface area contributed by atoms with Crippen LogP contribution in [-0.4, -0.2) is 40.5 Å². The molecule has 0 radical (unpaired) electrons. The summed E-state index contributed by atoms with van der Waals surface area (Å²) in [5.74, 6) is 0.707. The van der Waals surface area contributed by atoms with Crippen LogP contribution in [0.4, 0.5) is 0 Å². The van der Waals surface area contributed by atoms with Gasteiger partial charge >= 0.3 is 0 Å². The van der Waals surface area contributed by atoms with Crippen LogP contribution in [0.5, 0.6) is 0 Å². The second-order valence-corrected chi connectivity index (χ2v) is 5.63. The molecule has 3 rings (SSSR count). The lowest BCUT2D eigenvalue weighted by atomic mass is 10.2. The highest BCUT2D eigenvalue weighted by molar-refractivity contribution is 6.31. The Labute approximate surface area is 134 Å². The van der Waals surface area contributed by atoms with Crippen LogP contribution in [0, 0.1) is 0 Å². The number of aromatic nitrogens is 2. The van der Waals surface area contributed by atoms with Gasteiger partial charge in [-0.3, -0.25) is 9.69 Å². The smallest absolute Gasteiger partial charge is 0.258 e. The summed E-state index contributed by atoms with van der Waals surface area (Å²) in [5, 5.41) is 4.43. The van der Waals surface area contributed by atoms with E-state index in [4.69, 9.17) is 11.6 Å². The van der Waals surface area contributed by atoms with Crippen molar-refractivity contribution in [2.24, 2.45) is 0 Å². The number of benzene rings is 1. The Morgan fingerprint density at radius 3 is 3.05 bits per heavy atom. The first kappa shape index (κ1) is 16.2. The van der Waals surface area contributed by atoms with Crippen LogP contribution < -0.4 is 10.9 Å². The Balaban J connectivity index is 0.00000161. The van der Waals surface area contributed by atoms with E-state index in [9.17, 15) is 4.79 Å². The standard InChI is InChI=1S/C14H17ClN4O.ClH/c1-9-7-16-4-5-19(9)8-13-17-12-3-2-10(15)6-11(12)14(20)18-13;/h2-3,6,9,16H,4-5,7-8H2,1H3,(H,17,18,20);1H/t9-;/m0./s1. The zero-order valence-corrected chi connectivity index (χ0v) is 13.3. The average molecular weight is 329 g/mol. The molecule has 1 fully saturated rings. The highest BCUT2D eigenvalue weighted by Gasteiger charge is 2.19. The first-order chi connectivity index (χ1) is 9.63. The topological polar surface area (TPSA) is 61.0 Å². The van der Waals surface area contributed by atoms with Crippen LogP contribution >= 0.6 is 24.0 Å². The fraction of sp³-hybridized carbons (Fsp3) is 0.429. The number of halogens is 2. The van der Waals surface area contributed by atoms with Gasteiger partial charge in [-0.15, -0.1) is 12.4 Å². The van der Waals surface area contributed by atoms with Gasteiger partial charge in [-0.25, -0.2) is 4.98 Å². The second-order valence-electron chi connectivity index (χ2n) is 5.20. The van der Waals surface area contributed by atoms with Crippen LogP contribution in [0.2, 0.25) is 5.02 Å². The SMILES string of the molecule is C[C@H]1CNCCN1Cc1nc2ccc(Cl)cc2c(=O)[nH]1.Cl. The van der Waals surface area contributed by atoms with Gasteiger partial charge in [-0.05, 0) is 25.1 Å². The van der Waals surface area contributed by atoms with Gasteiger partial charge in [0.1, 0.15) is 5.82 Å². The molecule has 7 heteroatoms. The summed E-state index contributed by atoms with van der Waals surface area (Å²) in [5.41, 5.74) is 0.561. The van der Waals surface area contributed by atoms with Crippen LogP contribution in [0.1, 0.15) is 12.7 Å². The normalized spacial score (nSPS) is 19.4. The van der Waals surface area contributed by atoms with Crippen molar-refractivity contribution in [3.8, 4) is 0 Å². The van der Waals surface area contributed by atoms with Crippen LogP contribution in [0.25, 0.3) is 10.9 Å². The lowest BCUT2D eigenvalue weighted by Gasteiger charge is -2.33. The number of aromatic amines is 1. The molecular formula is C14H18Cl2N4O. The van der Waals surface area contributed by atoms with E-state index in [1.54, 1.807) is 18.2 Å². The van der Waals surface area contributed by atoms with Crippen molar-refractivity contribution < 1.29 is 0 Å². The molecule has 1 aliphatic rings. The fourth-order valence-electron chi connectivity index (χ4n) is 2.54. The molecule has 1 saturated heterocycles. The largest absolute Gasteiger partial charge is 0.314 e. The van der Waals surface area contributed by atoms with E-state index in [0.717, 1.165) is 19.6 Å². The highest BCUT2D eigenvalue weighted by atomic mass is 35.5. The van der Waals surface area contributed by atoms with E-state index in [1.165, 1.54) is 0 Å². The van der Waals surface area contributed by atoms with Gasteiger partial charge in [-0.1, -0.05) is 11.6 Å². The van der Waals surface area contributed by atoms with Gasteiger partial charge < -0.3 is 10.3 Å². The molecule has 1 aromatic carbocycles. The van der Waals surface area contributed by atoms with Crippen molar-refractivity contribution in [1.29, 1.82) is 0 Å². The van der Waals surface area contributed by atoms with Crippen LogP contribution in [0.3, 0.4) is 0 Å². The molecule has 0 spiro atoms. The second kappa shape index (κ2) is 6.75. The minimum absolute atomic E-state index is 0. The Morgan fingerprint density at radius 2 is 2.29 bits per heavy atom. The molecule has 2 heterocycles. The number of H-pyrrole nitrogens is 1. The van der Waals surface area contributed by atoms with Crippen molar-refractivity contribution >= 4 is 34.9 Å². The minimum Gasteiger partial charge on any atom is -0.314 e. The lowest BCUT2D eigenvalue weighted by molar-refractivity contribution is 0.162. The minimum atomic E-state index is -0.129. The van der Waals surface area contributed by atoms with Crippen molar-refractivity contribution in [3.63, 3.8) is 0 Å². The van der Waals surface area contributed by atoms with Crippen molar-refractivity contribution in [1.82, 2.24) is 20.2 Å². The Hall–Kier alpha value is -1.14. The number of hydrogen-bond donors (Lipinski definition) is 2. The van der Waals surface area contributed by atoms with Gasteiger partial charge in [0.05, 0.1) is 17.4 Å². The fourth-order valence-corrected chi connectivity index (χ4v) is 2.72. The van der Waals surface area contributed by atoms with Gasteiger partial charge in [-0.2, -0.15) is 0 Å². The monoisotopic (exact) mass is 328 g/mol. The van der Waals surface area contributed by atoms with E-state index in [1.807, 2.05) is 0 Å². The van der Waals surface area contributed by atoms with Gasteiger partial charge in [0.25, 0.3) is 5.56 Å². The maximum absolute atomic E-state index is 12.1. The van der Waals surface area contributed by atoms with E-state index >= 15 is 0 Å². The van der Waals surface area contributed by atoms with Crippen LogP contribution in [0.15, 0.2) is 23.0 Å². The predicted octanol–water partition coefficient (Wildman–Crippen LogP) is 1.79.